The Labute approximate surface area is 106 Å². The highest BCUT2D eigenvalue weighted by Gasteiger charge is 2.10. The minimum Gasteiger partial charge on any atom is -0.294 e. The molecule has 0 aromatic heterocycles. The van der Waals surface area contributed by atoms with Crippen LogP contribution in [0.25, 0.3) is 0 Å². The second-order valence-electron chi connectivity index (χ2n) is 3.57. The molecular weight excluding hydrogens is 236 g/mol. The van der Waals surface area contributed by atoms with Crippen LogP contribution in [-0.2, 0) is 4.79 Å². The smallest absolute Gasteiger partial charge is 0.245 e. The van der Waals surface area contributed by atoms with Gasteiger partial charge in [-0.25, -0.2) is 0 Å². The molecule has 2 nitrogen and oxygen atoms in total. The quantitative estimate of drug-likeness (QED) is 0.346. The maximum absolute atomic E-state index is 11.9. The topological polar surface area (TPSA) is 34.1 Å². The molecule has 88 valence electrons. The summed E-state index contributed by atoms with van der Waals surface area (Å²) < 4.78 is 0. The lowest BCUT2D eigenvalue weighted by atomic mass is 9.99. The minimum atomic E-state index is -0.531. The molecule has 3 heteroatoms. The van der Waals surface area contributed by atoms with Crippen LogP contribution in [0.3, 0.4) is 0 Å². The molecule has 0 amide bonds. The van der Waals surface area contributed by atoms with Crippen LogP contribution in [0.5, 0.6) is 0 Å². The van der Waals surface area contributed by atoms with Gasteiger partial charge in [0.1, 0.15) is 0 Å². The predicted octanol–water partition coefficient (Wildman–Crippen LogP) is 3.38. The van der Waals surface area contributed by atoms with Gasteiger partial charge in [0.05, 0.1) is 0 Å². The zero-order valence-electron chi connectivity index (χ0n) is 9.47. The highest BCUT2D eigenvalue weighted by Crippen LogP contribution is 2.09. The molecular formula is C14H13ClO2. The van der Waals surface area contributed by atoms with E-state index >= 15 is 0 Å². The van der Waals surface area contributed by atoms with Crippen LogP contribution in [0.1, 0.15) is 17.3 Å². The molecule has 0 N–H and O–H groups in total. The lowest BCUT2D eigenvalue weighted by molar-refractivity contribution is -0.107. The third kappa shape index (κ3) is 4.79. The third-order valence-corrected chi connectivity index (χ3v) is 2.34. The summed E-state index contributed by atoms with van der Waals surface area (Å²) >= 11 is 5.12. The maximum Gasteiger partial charge on any atom is 0.245 e. The van der Waals surface area contributed by atoms with E-state index in [9.17, 15) is 9.59 Å². The van der Waals surface area contributed by atoms with Crippen LogP contribution in [0, 0.1) is 5.92 Å². The predicted molar refractivity (Wildman–Crippen MR) is 69.1 cm³/mol. The van der Waals surface area contributed by atoms with Crippen molar-refractivity contribution < 1.29 is 9.59 Å². The van der Waals surface area contributed by atoms with E-state index in [0.717, 1.165) is 0 Å². The molecule has 0 bridgehead atoms. The lowest BCUT2D eigenvalue weighted by Crippen LogP contribution is -2.08. The number of hydrogen-bond donors (Lipinski definition) is 0. The van der Waals surface area contributed by atoms with Crippen molar-refractivity contribution in [3.63, 3.8) is 0 Å². The maximum atomic E-state index is 11.9. The van der Waals surface area contributed by atoms with Gasteiger partial charge >= 0.3 is 0 Å². The van der Waals surface area contributed by atoms with Gasteiger partial charge in [0, 0.05) is 11.5 Å². The van der Waals surface area contributed by atoms with Crippen molar-refractivity contribution in [2.45, 2.75) is 6.92 Å². The van der Waals surface area contributed by atoms with Gasteiger partial charge in [-0.1, -0.05) is 55.5 Å². The Bertz CT molecular complexity index is 447. The molecule has 0 heterocycles. The Morgan fingerprint density at radius 1 is 1.18 bits per heavy atom. The average Bonchev–Trinajstić information content (AvgIpc) is 2.34. The number of allylic oxidation sites excluding steroid dienone is 4. The summed E-state index contributed by atoms with van der Waals surface area (Å²) in [4.78, 5) is 22.3. The van der Waals surface area contributed by atoms with E-state index in [1.165, 1.54) is 12.2 Å². The molecule has 0 saturated heterocycles. The second kappa shape index (κ2) is 6.81. The molecule has 1 aromatic rings. The van der Waals surface area contributed by atoms with Crippen molar-refractivity contribution in [1.29, 1.82) is 0 Å². The van der Waals surface area contributed by atoms with Gasteiger partial charge in [-0.05, 0) is 17.7 Å². The summed E-state index contributed by atoms with van der Waals surface area (Å²) in [6, 6.07) is 9.09. The van der Waals surface area contributed by atoms with E-state index < -0.39 is 5.24 Å². The van der Waals surface area contributed by atoms with Crippen LogP contribution in [-0.4, -0.2) is 11.0 Å². The highest BCUT2D eigenvalue weighted by atomic mass is 35.5. The number of hydrogen-bond acceptors (Lipinski definition) is 2. The fourth-order valence-electron chi connectivity index (χ4n) is 1.31. The Morgan fingerprint density at radius 3 is 2.41 bits per heavy atom. The fraction of sp³-hybridized carbons (Fsp3) is 0.143. The van der Waals surface area contributed by atoms with Gasteiger partial charge in [0.15, 0.2) is 5.78 Å². The molecule has 0 aliphatic carbocycles. The minimum absolute atomic E-state index is 0.0486. The van der Waals surface area contributed by atoms with Gasteiger partial charge in [-0.2, -0.15) is 0 Å². The first-order valence-electron chi connectivity index (χ1n) is 5.25. The van der Waals surface area contributed by atoms with Crippen LogP contribution >= 0.6 is 11.6 Å². The summed E-state index contributed by atoms with van der Waals surface area (Å²) in [6.07, 6.45) is 6.12. The van der Waals surface area contributed by atoms with Crippen LogP contribution in [0.4, 0.5) is 0 Å². The summed E-state index contributed by atoms with van der Waals surface area (Å²) in [6.45, 7) is 1.81. The van der Waals surface area contributed by atoms with Crippen molar-refractivity contribution in [3.8, 4) is 0 Å². The molecule has 1 rings (SSSR count). The van der Waals surface area contributed by atoms with Gasteiger partial charge in [-0.15, -0.1) is 0 Å². The Balaban J connectivity index is 2.62. The molecule has 0 radical (unpaired) electrons. The summed E-state index contributed by atoms with van der Waals surface area (Å²) in [5, 5.41) is -0.531. The van der Waals surface area contributed by atoms with Crippen LogP contribution in [0.15, 0.2) is 54.6 Å². The van der Waals surface area contributed by atoms with E-state index in [1.807, 2.05) is 25.1 Å². The standard InChI is InChI=1S/C14H13ClO2/c1-11(7-5-6-10-13(15)16)14(17)12-8-3-2-4-9-12/h2-11H,1H3/b7-5+,10-6+. The normalized spacial score (nSPS) is 13.1. The molecule has 0 saturated carbocycles. The number of benzene rings is 1. The van der Waals surface area contributed by atoms with Gasteiger partial charge in [0.2, 0.25) is 5.24 Å². The Kier molecular flexibility index (Phi) is 5.37. The fourth-order valence-corrected chi connectivity index (χ4v) is 1.39. The van der Waals surface area contributed by atoms with E-state index in [4.69, 9.17) is 11.6 Å². The number of Topliss-reactive ketones (excluding diaryl/α,β-unsaturated/α-hetero) is 1. The number of halogens is 1. The molecule has 0 aliphatic rings. The molecule has 0 spiro atoms. The largest absolute Gasteiger partial charge is 0.294 e. The van der Waals surface area contributed by atoms with Gasteiger partial charge in [0.25, 0.3) is 0 Å². The highest BCUT2D eigenvalue weighted by molar-refractivity contribution is 6.66. The summed E-state index contributed by atoms with van der Waals surface area (Å²) in [5.74, 6) is -0.181. The number of carbonyl (C=O) groups is 2. The first kappa shape index (κ1) is 13.4. The first-order chi connectivity index (χ1) is 8.11. The van der Waals surface area contributed by atoms with Crippen molar-refractivity contribution in [2.24, 2.45) is 5.92 Å². The van der Waals surface area contributed by atoms with Crippen molar-refractivity contribution in [3.05, 3.63) is 60.2 Å². The monoisotopic (exact) mass is 248 g/mol. The molecule has 0 aliphatic heterocycles. The summed E-state index contributed by atoms with van der Waals surface area (Å²) in [5.41, 5.74) is 0.682. The van der Waals surface area contributed by atoms with E-state index in [1.54, 1.807) is 24.3 Å². The zero-order valence-corrected chi connectivity index (χ0v) is 10.2. The molecule has 0 fully saturated rings. The first-order valence-corrected chi connectivity index (χ1v) is 5.62. The molecule has 1 aromatic carbocycles. The van der Waals surface area contributed by atoms with Crippen molar-refractivity contribution in [1.82, 2.24) is 0 Å². The second-order valence-corrected chi connectivity index (χ2v) is 3.94. The lowest BCUT2D eigenvalue weighted by Gasteiger charge is -2.04. The molecule has 1 atom stereocenters. The van der Waals surface area contributed by atoms with Gasteiger partial charge < -0.3 is 0 Å². The zero-order chi connectivity index (χ0) is 12.7. The summed E-state index contributed by atoms with van der Waals surface area (Å²) in [7, 11) is 0. The van der Waals surface area contributed by atoms with Gasteiger partial charge in [-0.3, -0.25) is 9.59 Å². The van der Waals surface area contributed by atoms with E-state index in [0.29, 0.717) is 5.56 Å². The van der Waals surface area contributed by atoms with Crippen LogP contribution < -0.4 is 0 Å². The Hall–Kier alpha value is -1.67. The Morgan fingerprint density at radius 2 is 1.82 bits per heavy atom. The van der Waals surface area contributed by atoms with E-state index in [-0.39, 0.29) is 11.7 Å². The van der Waals surface area contributed by atoms with Crippen LogP contribution in [0.2, 0.25) is 0 Å². The number of ketones is 1. The number of carbonyl (C=O) groups excluding carboxylic acids is 2. The molecule has 17 heavy (non-hydrogen) atoms. The molecule has 1 unspecified atom stereocenters. The van der Waals surface area contributed by atoms with Crippen molar-refractivity contribution >= 4 is 22.6 Å². The SMILES string of the molecule is CC(/C=C/C=C/C(=O)Cl)C(=O)c1ccccc1. The third-order valence-electron chi connectivity index (χ3n) is 2.21. The average molecular weight is 249 g/mol. The van der Waals surface area contributed by atoms with Crippen molar-refractivity contribution in [2.75, 3.05) is 0 Å². The van der Waals surface area contributed by atoms with E-state index in [2.05, 4.69) is 0 Å². The number of rotatable bonds is 5.